The summed E-state index contributed by atoms with van der Waals surface area (Å²) in [5.74, 6) is 0. The number of hydrogen-bond donors (Lipinski definition) is 1. The van der Waals surface area contributed by atoms with E-state index in [-0.39, 0.29) is 11.6 Å². The van der Waals surface area contributed by atoms with Crippen molar-refractivity contribution in [3.8, 4) is 0 Å². The number of hydrogen-bond acceptors (Lipinski definition) is 4. The summed E-state index contributed by atoms with van der Waals surface area (Å²) in [5, 5.41) is 0. The second-order valence-corrected chi connectivity index (χ2v) is 6.06. The van der Waals surface area contributed by atoms with Crippen LogP contribution < -0.4 is 5.73 Å². The Balaban J connectivity index is 2.19. The van der Waals surface area contributed by atoms with Gasteiger partial charge in [-0.2, -0.15) is 0 Å². The quantitative estimate of drug-likeness (QED) is 0.880. The van der Waals surface area contributed by atoms with Crippen molar-refractivity contribution in [3.63, 3.8) is 0 Å². The van der Waals surface area contributed by atoms with E-state index in [1.807, 2.05) is 12.5 Å². The van der Waals surface area contributed by atoms with E-state index in [1.165, 1.54) is 5.69 Å². The molecule has 1 fully saturated rings. The van der Waals surface area contributed by atoms with Gasteiger partial charge >= 0.3 is 0 Å². The lowest BCUT2D eigenvalue weighted by molar-refractivity contribution is 0.0164. The van der Waals surface area contributed by atoms with Crippen molar-refractivity contribution >= 4 is 0 Å². The molecule has 0 aromatic carbocycles. The van der Waals surface area contributed by atoms with Crippen molar-refractivity contribution in [2.45, 2.75) is 38.9 Å². The summed E-state index contributed by atoms with van der Waals surface area (Å²) >= 11 is 0. The van der Waals surface area contributed by atoms with E-state index in [9.17, 15) is 0 Å². The Hall–Kier alpha value is -0.910. The molecule has 0 radical (unpaired) electrons. The molecule has 1 unspecified atom stereocenters. The van der Waals surface area contributed by atoms with Gasteiger partial charge in [0.2, 0.25) is 0 Å². The van der Waals surface area contributed by atoms with Crippen LogP contribution in [0.5, 0.6) is 0 Å². The van der Waals surface area contributed by atoms with Crippen LogP contribution in [0.1, 0.15) is 32.5 Å². The molecular formula is C14H27N5. The standard InChI is InChI=1S/C14H27N5/c1-5-18-11-16-9-13(18)12(8-15)19-7-6-17(4)14(2,3)10-19/h9,11-12H,5-8,10,15H2,1-4H3. The average molecular weight is 265 g/mol. The van der Waals surface area contributed by atoms with Crippen LogP contribution in [0.2, 0.25) is 0 Å². The fourth-order valence-corrected chi connectivity index (χ4v) is 2.87. The maximum Gasteiger partial charge on any atom is 0.0948 e. The summed E-state index contributed by atoms with van der Waals surface area (Å²) < 4.78 is 2.20. The van der Waals surface area contributed by atoms with Crippen LogP contribution in [0.25, 0.3) is 0 Å². The van der Waals surface area contributed by atoms with Gasteiger partial charge in [0.25, 0.3) is 0 Å². The van der Waals surface area contributed by atoms with Crippen molar-refractivity contribution in [1.29, 1.82) is 0 Å². The van der Waals surface area contributed by atoms with Crippen LogP contribution in [0.4, 0.5) is 0 Å². The highest BCUT2D eigenvalue weighted by Crippen LogP contribution is 2.27. The number of piperazine rings is 1. The molecule has 2 N–H and O–H groups in total. The average Bonchev–Trinajstić information content (AvgIpc) is 2.82. The number of nitrogens with zero attached hydrogens (tertiary/aromatic N) is 4. The molecule has 108 valence electrons. The Bertz CT molecular complexity index is 412. The minimum atomic E-state index is 0.197. The van der Waals surface area contributed by atoms with E-state index >= 15 is 0 Å². The Morgan fingerprint density at radius 2 is 2.16 bits per heavy atom. The van der Waals surface area contributed by atoms with Gasteiger partial charge in [-0.3, -0.25) is 9.80 Å². The number of aromatic nitrogens is 2. The topological polar surface area (TPSA) is 50.3 Å². The van der Waals surface area contributed by atoms with E-state index in [2.05, 4.69) is 47.2 Å². The number of imidazole rings is 1. The van der Waals surface area contributed by atoms with Gasteiger partial charge in [-0.05, 0) is 27.8 Å². The van der Waals surface area contributed by atoms with Crippen LogP contribution >= 0.6 is 0 Å². The van der Waals surface area contributed by atoms with E-state index in [4.69, 9.17) is 5.73 Å². The minimum Gasteiger partial charge on any atom is -0.333 e. The lowest BCUT2D eigenvalue weighted by Crippen LogP contribution is -2.58. The van der Waals surface area contributed by atoms with Gasteiger partial charge in [-0.25, -0.2) is 4.98 Å². The third-order valence-electron chi connectivity index (χ3n) is 4.44. The molecular weight excluding hydrogens is 238 g/mol. The highest BCUT2D eigenvalue weighted by atomic mass is 15.3. The molecule has 0 amide bonds. The van der Waals surface area contributed by atoms with Gasteiger partial charge in [-0.1, -0.05) is 0 Å². The molecule has 0 aliphatic carbocycles. The first kappa shape index (κ1) is 14.5. The first-order chi connectivity index (χ1) is 8.99. The molecule has 19 heavy (non-hydrogen) atoms. The number of likely N-dealkylation sites (N-methyl/N-ethyl adjacent to an activating group) is 1. The Morgan fingerprint density at radius 3 is 2.74 bits per heavy atom. The molecule has 5 nitrogen and oxygen atoms in total. The lowest BCUT2D eigenvalue weighted by Gasteiger charge is -2.47. The van der Waals surface area contributed by atoms with Gasteiger partial charge in [0.15, 0.2) is 0 Å². The highest BCUT2D eigenvalue weighted by Gasteiger charge is 2.35. The van der Waals surface area contributed by atoms with E-state index in [0.717, 1.165) is 26.2 Å². The molecule has 0 bridgehead atoms. The Morgan fingerprint density at radius 1 is 1.42 bits per heavy atom. The van der Waals surface area contributed by atoms with Crippen molar-refractivity contribution in [2.24, 2.45) is 5.73 Å². The van der Waals surface area contributed by atoms with E-state index in [1.54, 1.807) is 0 Å². The second kappa shape index (κ2) is 5.61. The van der Waals surface area contributed by atoms with Gasteiger partial charge in [0.1, 0.15) is 0 Å². The molecule has 5 heteroatoms. The zero-order valence-corrected chi connectivity index (χ0v) is 12.6. The summed E-state index contributed by atoms with van der Waals surface area (Å²) in [7, 11) is 2.20. The zero-order valence-electron chi connectivity index (χ0n) is 12.6. The molecule has 1 aromatic rings. The van der Waals surface area contributed by atoms with Crippen LogP contribution in [0.15, 0.2) is 12.5 Å². The molecule has 1 aliphatic heterocycles. The Labute approximate surface area is 116 Å². The van der Waals surface area contributed by atoms with Crippen molar-refractivity contribution in [2.75, 3.05) is 33.2 Å². The first-order valence-corrected chi connectivity index (χ1v) is 7.15. The van der Waals surface area contributed by atoms with E-state index < -0.39 is 0 Å². The summed E-state index contributed by atoms with van der Waals surface area (Å²) in [6.45, 7) is 11.5. The SMILES string of the molecule is CCn1cncc1C(CN)N1CCN(C)C(C)(C)C1. The maximum absolute atomic E-state index is 6.05. The fraction of sp³-hybridized carbons (Fsp3) is 0.786. The maximum atomic E-state index is 6.05. The highest BCUT2D eigenvalue weighted by molar-refractivity contribution is 5.08. The summed E-state index contributed by atoms with van der Waals surface area (Å²) in [6.07, 6.45) is 3.87. The third kappa shape index (κ3) is 2.83. The van der Waals surface area contributed by atoms with Crippen LogP contribution in [-0.2, 0) is 6.54 Å². The number of rotatable bonds is 4. The van der Waals surface area contributed by atoms with Crippen molar-refractivity contribution in [1.82, 2.24) is 19.4 Å². The molecule has 1 atom stereocenters. The normalized spacial score (nSPS) is 22.6. The molecule has 1 aliphatic rings. The summed E-state index contributed by atoms with van der Waals surface area (Å²) in [5.41, 5.74) is 7.48. The molecule has 1 aromatic heterocycles. The zero-order chi connectivity index (χ0) is 14.0. The summed E-state index contributed by atoms with van der Waals surface area (Å²) in [4.78, 5) is 9.21. The summed E-state index contributed by atoms with van der Waals surface area (Å²) in [6, 6.07) is 0.274. The van der Waals surface area contributed by atoms with Crippen molar-refractivity contribution in [3.05, 3.63) is 18.2 Å². The van der Waals surface area contributed by atoms with E-state index in [0.29, 0.717) is 6.54 Å². The van der Waals surface area contributed by atoms with Gasteiger partial charge in [0.05, 0.1) is 18.1 Å². The Kier molecular flexibility index (Phi) is 4.28. The largest absolute Gasteiger partial charge is 0.333 e. The molecule has 0 spiro atoms. The lowest BCUT2D eigenvalue weighted by atomic mass is 9.97. The number of aryl methyl sites for hydroxylation is 1. The molecule has 1 saturated heterocycles. The van der Waals surface area contributed by atoms with Crippen LogP contribution in [0, 0.1) is 0 Å². The minimum absolute atomic E-state index is 0.197. The molecule has 2 rings (SSSR count). The van der Waals surface area contributed by atoms with Gasteiger partial charge in [0, 0.05) is 44.5 Å². The van der Waals surface area contributed by atoms with Gasteiger partial charge < -0.3 is 10.3 Å². The van der Waals surface area contributed by atoms with Gasteiger partial charge in [-0.15, -0.1) is 0 Å². The first-order valence-electron chi connectivity index (χ1n) is 7.15. The molecule has 0 saturated carbocycles. The smallest absolute Gasteiger partial charge is 0.0948 e. The third-order valence-corrected chi connectivity index (χ3v) is 4.44. The second-order valence-electron chi connectivity index (χ2n) is 6.06. The van der Waals surface area contributed by atoms with Crippen LogP contribution in [0.3, 0.4) is 0 Å². The van der Waals surface area contributed by atoms with Crippen LogP contribution in [-0.4, -0.2) is 58.1 Å². The molecule has 2 heterocycles. The fourth-order valence-electron chi connectivity index (χ4n) is 2.87. The monoisotopic (exact) mass is 265 g/mol. The predicted octanol–water partition coefficient (Wildman–Crippen LogP) is 0.929. The number of nitrogens with two attached hydrogens (primary N) is 1. The van der Waals surface area contributed by atoms with Crippen molar-refractivity contribution < 1.29 is 0 Å². The predicted molar refractivity (Wildman–Crippen MR) is 78.0 cm³/mol.